The van der Waals surface area contributed by atoms with Crippen molar-refractivity contribution in [2.75, 3.05) is 24.8 Å². The van der Waals surface area contributed by atoms with Gasteiger partial charge in [-0.05, 0) is 54.6 Å². The van der Waals surface area contributed by atoms with Gasteiger partial charge in [-0.3, -0.25) is 0 Å². The van der Waals surface area contributed by atoms with Crippen LogP contribution in [-0.2, 0) is 9.53 Å². The third-order valence-electron chi connectivity index (χ3n) is 3.67. The molecule has 0 aliphatic heterocycles. The zero-order valence-electron chi connectivity index (χ0n) is 15.1. The van der Waals surface area contributed by atoms with Crippen molar-refractivity contribution < 1.29 is 14.3 Å². The fraction of sp³-hybridized carbons (Fsp3) is 0.300. The molecule has 0 saturated heterocycles. The van der Waals surface area contributed by atoms with E-state index < -0.39 is 6.04 Å². The third kappa shape index (κ3) is 4.93. The molecule has 0 heterocycles. The van der Waals surface area contributed by atoms with Crippen LogP contribution < -0.4 is 10.1 Å². The van der Waals surface area contributed by atoms with E-state index in [1.165, 1.54) is 0 Å². The van der Waals surface area contributed by atoms with E-state index in [4.69, 9.17) is 14.7 Å². The minimum atomic E-state index is -0.648. The minimum Gasteiger partial charge on any atom is -0.496 e. The molecule has 2 aromatic carbocycles. The van der Waals surface area contributed by atoms with E-state index in [9.17, 15) is 4.79 Å². The summed E-state index contributed by atoms with van der Waals surface area (Å²) in [6.07, 6.45) is 0. The Balaban J connectivity index is 2.36. The number of rotatable bonds is 8. The van der Waals surface area contributed by atoms with Crippen LogP contribution in [-0.4, -0.2) is 25.4 Å². The summed E-state index contributed by atoms with van der Waals surface area (Å²) >= 11 is 1.65. The fourth-order valence-electron chi connectivity index (χ4n) is 2.45. The van der Waals surface area contributed by atoms with Crippen molar-refractivity contribution >= 4 is 23.4 Å². The highest BCUT2D eigenvalue weighted by Gasteiger charge is 2.23. The van der Waals surface area contributed by atoms with Crippen molar-refractivity contribution in [3.63, 3.8) is 0 Å². The molecule has 136 valence electrons. The Morgan fingerprint density at radius 2 is 1.96 bits per heavy atom. The SMILES string of the molecule is CCOC(=O)C(Nc1ccc(C#N)cc1)c1ccc(OC)c(SCC)c1. The first-order valence-corrected chi connectivity index (χ1v) is 9.35. The van der Waals surface area contributed by atoms with Crippen LogP contribution in [0.3, 0.4) is 0 Å². The molecule has 0 aromatic heterocycles. The maximum absolute atomic E-state index is 12.5. The zero-order valence-corrected chi connectivity index (χ0v) is 15.9. The first kappa shape index (κ1) is 19.7. The molecular formula is C20H22N2O3S. The van der Waals surface area contributed by atoms with Crippen LogP contribution in [0.1, 0.15) is 31.0 Å². The normalized spacial score (nSPS) is 11.3. The van der Waals surface area contributed by atoms with E-state index in [0.29, 0.717) is 12.2 Å². The number of carbonyl (C=O) groups is 1. The van der Waals surface area contributed by atoms with Gasteiger partial charge in [0.25, 0.3) is 0 Å². The predicted molar refractivity (Wildman–Crippen MR) is 104 cm³/mol. The number of nitrogens with zero attached hydrogens (tertiary/aromatic N) is 1. The number of nitriles is 1. The largest absolute Gasteiger partial charge is 0.496 e. The van der Waals surface area contributed by atoms with Crippen molar-refractivity contribution in [3.05, 3.63) is 53.6 Å². The molecule has 26 heavy (non-hydrogen) atoms. The van der Waals surface area contributed by atoms with Gasteiger partial charge >= 0.3 is 5.97 Å². The number of carbonyl (C=O) groups excluding carboxylic acids is 1. The van der Waals surface area contributed by atoms with Crippen LogP contribution in [0.25, 0.3) is 0 Å². The third-order valence-corrected chi connectivity index (χ3v) is 4.59. The number of ether oxygens (including phenoxy) is 2. The fourth-order valence-corrected chi connectivity index (χ4v) is 3.28. The molecule has 0 aliphatic rings. The second kappa shape index (κ2) is 9.73. The number of anilines is 1. The maximum atomic E-state index is 12.5. The Bertz CT molecular complexity index is 785. The molecular weight excluding hydrogens is 348 g/mol. The molecule has 1 unspecified atom stereocenters. The highest BCUT2D eigenvalue weighted by atomic mass is 32.2. The zero-order chi connectivity index (χ0) is 18.9. The van der Waals surface area contributed by atoms with Gasteiger partial charge in [0.15, 0.2) is 6.04 Å². The molecule has 2 rings (SSSR count). The maximum Gasteiger partial charge on any atom is 0.333 e. The lowest BCUT2D eigenvalue weighted by Gasteiger charge is -2.20. The topological polar surface area (TPSA) is 71.3 Å². The molecule has 0 fully saturated rings. The van der Waals surface area contributed by atoms with E-state index in [-0.39, 0.29) is 5.97 Å². The van der Waals surface area contributed by atoms with Crippen LogP contribution in [0, 0.1) is 11.3 Å². The predicted octanol–water partition coefficient (Wildman–Crippen LogP) is 4.40. The molecule has 5 nitrogen and oxygen atoms in total. The molecule has 1 atom stereocenters. The Morgan fingerprint density at radius 1 is 1.23 bits per heavy atom. The number of methoxy groups -OCH3 is 1. The minimum absolute atomic E-state index is 0.303. The van der Waals surface area contributed by atoms with Crippen LogP contribution >= 0.6 is 11.8 Å². The molecule has 6 heteroatoms. The number of esters is 1. The van der Waals surface area contributed by atoms with Gasteiger partial charge in [-0.25, -0.2) is 4.79 Å². The smallest absolute Gasteiger partial charge is 0.333 e. The summed E-state index contributed by atoms with van der Waals surface area (Å²) < 4.78 is 10.6. The average molecular weight is 370 g/mol. The second-order valence-corrected chi connectivity index (χ2v) is 6.67. The van der Waals surface area contributed by atoms with Crippen LogP contribution in [0.4, 0.5) is 5.69 Å². The number of thioether (sulfide) groups is 1. The summed E-state index contributed by atoms with van der Waals surface area (Å²) in [7, 11) is 1.63. The lowest BCUT2D eigenvalue weighted by molar-refractivity contribution is -0.144. The highest BCUT2D eigenvalue weighted by molar-refractivity contribution is 7.99. The number of benzene rings is 2. The van der Waals surface area contributed by atoms with E-state index in [2.05, 4.69) is 18.3 Å². The standard InChI is InChI=1S/C20H22N2O3S/c1-4-25-20(23)19(22-16-9-6-14(13-21)7-10-16)15-8-11-17(24-3)18(12-15)26-5-2/h6-12,19,22H,4-5H2,1-3H3. The Labute approximate surface area is 158 Å². The summed E-state index contributed by atoms with van der Waals surface area (Å²) in [5, 5.41) is 12.1. The molecule has 0 radical (unpaired) electrons. The average Bonchev–Trinajstić information content (AvgIpc) is 2.67. The number of nitrogens with one attached hydrogen (secondary N) is 1. The highest BCUT2D eigenvalue weighted by Crippen LogP contribution is 2.33. The summed E-state index contributed by atoms with van der Waals surface area (Å²) in [5.74, 6) is 1.32. The lowest BCUT2D eigenvalue weighted by atomic mass is 10.1. The van der Waals surface area contributed by atoms with Gasteiger partial charge in [-0.2, -0.15) is 5.26 Å². The monoisotopic (exact) mass is 370 g/mol. The quantitative estimate of drug-likeness (QED) is 0.549. The Kier molecular flexibility index (Phi) is 7.37. The van der Waals surface area contributed by atoms with Crippen LogP contribution in [0.2, 0.25) is 0 Å². The first-order valence-electron chi connectivity index (χ1n) is 8.37. The Hall–Kier alpha value is -2.65. The summed E-state index contributed by atoms with van der Waals surface area (Å²) in [6, 6.07) is 14.1. The van der Waals surface area contributed by atoms with Gasteiger partial charge in [0.1, 0.15) is 5.75 Å². The molecule has 0 bridgehead atoms. The van der Waals surface area contributed by atoms with E-state index in [1.807, 2.05) is 18.2 Å². The van der Waals surface area contributed by atoms with Crippen molar-refractivity contribution in [2.45, 2.75) is 24.8 Å². The number of hydrogen-bond donors (Lipinski definition) is 1. The summed E-state index contributed by atoms with van der Waals surface area (Å²) in [4.78, 5) is 13.5. The molecule has 0 saturated carbocycles. The van der Waals surface area contributed by atoms with Crippen LogP contribution in [0.5, 0.6) is 5.75 Å². The Morgan fingerprint density at radius 3 is 2.54 bits per heavy atom. The molecule has 0 spiro atoms. The van der Waals surface area contributed by atoms with Crippen molar-refractivity contribution in [1.82, 2.24) is 0 Å². The van der Waals surface area contributed by atoms with Crippen molar-refractivity contribution in [3.8, 4) is 11.8 Å². The van der Waals surface area contributed by atoms with Gasteiger partial charge in [0.05, 0.1) is 25.3 Å². The molecule has 1 N–H and O–H groups in total. The summed E-state index contributed by atoms with van der Waals surface area (Å²) in [5.41, 5.74) is 2.10. The summed E-state index contributed by atoms with van der Waals surface area (Å²) in [6.45, 7) is 4.15. The first-order chi connectivity index (χ1) is 12.6. The molecule has 2 aromatic rings. The van der Waals surface area contributed by atoms with E-state index >= 15 is 0 Å². The van der Waals surface area contributed by atoms with Gasteiger partial charge < -0.3 is 14.8 Å². The van der Waals surface area contributed by atoms with Crippen molar-refractivity contribution in [1.29, 1.82) is 5.26 Å². The van der Waals surface area contributed by atoms with Crippen molar-refractivity contribution in [2.24, 2.45) is 0 Å². The van der Waals surface area contributed by atoms with Crippen LogP contribution in [0.15, 0.2) is 47.4 Å². The lowest BCUT2D eigenvalue weighted by Crippen LogP contribution is -2.23. The molecule has 0 aliphatic carbocycles. The number of hydrogen-bond acceptors (Lipinski definition) is 6. The second-order valence-electron chi connectivity index (χ2n) is 5.36. The van der Waals surface area contributed by atoms with E-state index in [0.717, 1.165) is 27.6 Å². The molecule has 0 amide bonds. The van der Waals surface area contributed by atoms with Gasteiger partial charge in [-0.15, -0.1) is 11.8 Å². The van der Waals surface area contributed by atoms with E-state index in [1.54, 1.807) is 50.1 Å². The van der Waals surface area contributed by atoms with Gasteiger partial charge in [0.2, 0.25) is 0 Å². The van der Waals surface area contributed by atoms with Gasteiger partial charge in [0, 0.05) is 10.6 Å². The van der Waals surface area contributed by atoms with Gasteiger partial charge in [-0.1, -0.05) is 13.0 Å².